The van der Waals surface area contributed by atoms with Gasteiger partial charge in [-0.3, -0.25) is 9.59 Å². The number of aryl methyl sites for hydroxylation is 2. The van der Waals surface area contributed by atoms with Gasteiger partial charge in [0.15, 0.2) is 0 Å². The van der Waals surface area contributed by atoms with Crippen LogP contribution in [0, 0.1) is 0 Å². The summed E-state index contributed by atoms with van der Waals surface area (Å²) in [6.45, 7) is 3.69. The lowest BCUT2D eigenvalue weighted by Gasteiger charge is -2.36. The number of esters is 2. The molecule has 0 saturated carbocycles. The van der Waals surface area contributed by atoms with Gasteiger partial charge in [0.05, 0.1) is 29.0 Å². The summed E-state index contributed by atoms with van der Waals surface area (Å²) in [6.07, 6.45) is 2.75. The van der Waals surface area contributed by atoms with Crippen molar-refractivity contribution in [3.05, 3.63) is 92.9 Å². The number of hydrogen-bond donors (Lipinski definition) is 3. The topological polar surface area (TPSA) is 159 Å². The van der Waals surface area contributed by atoms with Gasteiger partial charge in [-0.2, -0.15) is 0 Å². The number of rotatable bonds is 7. The molecule has 2 atom stereocenters. The number of pyridine rings is 2. The summed E-state index contributed by atoms with van der Waals surface area (Å²) in [5.74, 6) is -1.54. The summed E-state index contributed by atoms with van der Waals surface area (Å²) in [4.78, 5) is 46.0. The van der Waals surface area contributed by atoms with Crippen LogP contribution in [0.3, 0.4) is 0 Å². The fourth-order valence-electron chi connectivity index (χ4n) is 7.06. The number of carbonyl (C=O) groups is 2. The van der Waals surface area contributed by atoms with Crippen molar-refractivity contribution in [2.45, 2.75) is 57.9 Å². The standard InChI is InChI=1S/C34H33BN4O7/c1-4-20-22-13-19(35(43)44)10-11-27(22)37-30-23(20)16-39-29(30)14-25-24(31(39)40)17-45-33(42)34(25,5-2)46-32(41)26(36)12-18-15-38(3)28-9-7-6-8-21(18)28/h6-11,13-15,26,43-44H,4-5,12,16-17,36H2,1-3H3/t26-,34-/m1/s1. The second kappa shape index (κ2) is 10.9. The second-order valence-corrected chi connectivity index (χ2v) is 12.0. The molecule has 5 aromatic rings. The first-order valence-corrected chi connectivity index (χ1v) is 15.4. The minimum absolute atomic E-state index is 0.0267. The Hall–Kier alpha value is -4.78. The average molecular weight is 620 g/mol. The number of aromatic nitrogens is 3. The van der Waals surface area contributed by atoms with E-state index in [1.807, 2.05) is 49.0 Å². The minimum Gasteiger partial charge on any atom is -0.457 e. The molecule has 0 fully saturated rings. The highest BCUT2D eigenvalue weighted by atomic mass is 16.6. The van der Waals surface area contributed by atoms with Crippen LogP contribution in [0.5, 0.6) is 0 Å². The zero-order valence-corrected chi connectivity index (χ0v) is 25.7. The molecule has 12 heteroatoms. The number of fused-ring (bicyclic) bond motifs is 6. The van der Waals surface area contributed by atoms with Crippen molar-refractivity contribution < 1.29 is 29.1 Å². The molecular weight excluding hydrogens is 587 g/mol. The number of carbonyl (C=O) groups excluding carboxylic acids is 2. The molecule has 46 heavy (non-hydrogen) atoms. The largest absolute Gasteiger partial charge is 0.488 e. The molecule has 2 aliphatic heterocycles. The van der Waals surface area contributed by atoms with Crippen LogP contribution in [0.4, 0.5) is 0 Å². The van der Waals surface area contributed by atoms with E-state index in [4.69, 9.17) is 20.2 Å². The SMILES string of the molecule is CCc1c2c(nc3ccc(B(O)O)cc13)-c1cc3c(c(=O)n1C2)COC(=O)[C@]3(CC)OC(=O)[C@H](N)Cc1cn(C)c2ccccc12. The molecule has 5 heterocycles. The van der Waals surface area contributed by atoms with Crippen molar-refractivity contribution in [3.8, 4) is 11.4 Å². The van der Waals surface area contributed by atoms with Crippen LogP contribution in [0.15, 0.2) is 59.5 Å². The maximum absolute atomic E-state index is 14.0. The van der Waals surface area contributed by atoms with Gasteiger partial charge in [0.2, 0.25) is 5.60 Å². The Morgan fingerprint density at radius 3 is 2.65 bits per heavy atom. The summed E-state index contributed by atoms with van der Waals surface area (Å²) < 4.78 is 15.1. The van der Waals surface area contributed by atoms with Crippen LogP contribution >= 0.6 is 0 Å². The molecule has 0 bridgehead atoms. The third kappa shape index (κ3) is 4.39. The Labute approximate surface area is 264 Å². The first kappa shape index (κ1) is 29.9. The van der Waals surface area contributed by atoms with Gasteiger partial charge in [-0.25, -0.2) is 9.78 Å². The molecule has 11 nitrogen and oxygen atoms in total. The second-order valence-electron chi connectivity index (χ2n) is 12.0. The third-order valence-corrected chi connectivity index (χ3v) is 9.45. The zero-order valence-electron chi connectivity index (χ0n) is 25.7. The number of benzene rings is 2. The molecule has 0 amide bonds. The molecule has 7 rings (SSSR count). The number of ether oxygens (including phenoxy) is 2. The van der Waals surface area contributed by atoms with E-state index in [2.05, 4.69) is 0 Å². The Morgan fingerprint density at radius 2 is 1.91 bits per heavy atom. The monoisotopic (exact) mass is 620 g/mol. The molecule has 0 unspecified atom stereocenters. The van der Waals surface area contributed by atoms with Crippen molar-refractivity contribution in [2.75, 3.05) is 0 Å². The van der Waals surface area contributed by atoms with Gasteiger partial charge in [0, 0.05) is 47.1 Å². The Balaban J connectivity index is 1.30. The van der Waals surface area contributed by atoms with Crippen LogP contribution in [0.25, 0.3) is 33.2 Å². The Bertz CT molecular complexity index is 2150. The van der Waals surface area contributed by atoms with E-state index >= 15 is 0 Å². The molecule has 0 saturated heterocycles. The third-order valence-electron chi connectivity index (χ3n) is 9.45. The summed E-state index contributed by atoms with van der Waals surface area (Å²) >= 11 is 0. The van der Waals surface area contributed by atoms with Crippen molar-refractivity contribution in [3.63, 3.8) is 0 Å². The highest BCUT2D eigenvalue weighted by Gasteiger charge is 2.51. The average Bonchev–Trinajstić information content (AvgIpc) is 3.58. The molecule has 0 spiro atoms. The quantitative estimate of drug-likeness (QED) is 0.179. The van der Waals surface area contributed by atoms with Gasteiger partial charge < -0.3 is 34.4 Å². The molecular formula is C34H33BN4O7. The lowest BCUT2D eigenvalue weighted by atomic mass is 9.79. The van der Waals surface area contributed by atoms with Crippen LogP contribution < -0.4 is 16.8 Å². The highest BCUT2D eigenvalue weighted by molar-refractivity contribution is 6.58. The first-order valence-electron chi connectivity index (χ1n) is 15.4. The lowest BCUT2D eigenvalue weighted by molar-refractivity contribution is -0.190. The van der Waals surface area contributed by atoms with E-state index in [9.17, 15) is 24.4 Å². The first-order chi connectivity index (χ1) is 22.1. The van der Waals surface area contributed by atoms with Gasteiger partial charge in [0.25, 0.3) is 5.56 Å². The van der Waals surface area contributed by atoms with Crippen LogP contribution in [-0.2, 0) is 57.7 Å². The maximum atomic E-state index is 14.0. The summed E-state index contributed by atoms with van der Waals surface area (Å²) in [5.41, 5.74) is 10.4. The van der Waals surface area contributed by atoms with Gasteiger partial charge in [-0.15, -0.1) is 0 Å². The van der Waals surface area contributed by atoms with Gasteiger partial charge in [-0.1, -0.05) is 44.2 Å². The summed E-state index contributed by atoms with van der Waals surface area (Å²) in [6, 6.07) is 13.5. The highest BCUT2D eigenvalue weighted by Crippen LogP contribution is 2.42. The number of hydrogen-bond acceptors (Lipinski definition) is 9. The van der Waals surface area contributed by atoms with Gasteiger partial charge >= 0.3 is 19.1 Å². The molecule has 0 aliphatic carbocycles. The predicted molar refractivity (Wildman–Crippen MR) is 172 cm³/mol. The summed E-state index contributed by atoms with van der Waals surface area (Å²) in [5, 5.41) is 21.2. The Morgan fingerprint density at radius 1 is 1.13 bits per heavy atom. The van der Waals surface area contributed by atoms with Crippen molar-refractivity contribution >= 4 is 46.3 Å². The molecule has 3 aromatic heterocycles. The van der Waals surface area contributed by atoms with E-state index in [1.54, 1.807) is 35.8 Å². The summed E-state index contributed by atoms with van der Waals surface area (Å²) in [7, 11) is 0.292. The molecule has 2 aromatic carbocycles. The van der Waals surface area contributed by atoms with Crippen molar-refractivity contribution in [2.24, 2.45) is 12.8 Å². The maximum Gasteiger partial charge on any atom is 0.488 e. The molecule has 0 radical (unpaired) electrons. The fourth-order valence-corrected chi connectivity index (χ4v) is 7.06. The van der Waals surface area contributed by atoms with E-state index in [0.717, 1.165) is 33.0 Å². The van der Waals surface area contributed by atoms with E-state index in [-0.39, 0.29) is 42.7 Å². The van der Waals surface area contributed by atoms with Crippen LogP contribution in [0.1, 0.15) is 48.1 Å². The Kier molecular flexibility index (Phi) is 7.11. The van der Waals surface area contributed by atoms with Gasteiger partial charge in [-0.05, 0) is 47.6 Å². The normalized spacial score (nSPS) is 17.4. The predicted octanol–water partition coefficient (Wildman–Crippen LogP) is 1.93. The number of cyclic esters (lactones) is 1. The van der Waals surface area contributed by atoms with Crippen molar-refractivity contribution in [1.29, 1.82) is 0 Å². The molecule has 2 aliphatic rings. The van der Waals surface area contributed by atoms with Gasteiger partial charge in [0.1, 0.15) is 12.6 Å². The van der Waals surface area contributed by atoms with Crippen LogP contribution in [0.2, 0.25) is 0 Å². The minimum atomic E-state index is -1.87. The number of nitrogens with zero attached hydrogens (tertiary/aromatic N) is 3. The lowest BCUT2D eigenvalue weighted by Crippen LogP contribution is -2.50. The smallest absolute Gasteiger partial charge is 0.457 e. The molecule has 234 valence electrons. The molecule has 4 N–H and O–H groups in total. The van der Waals surface area contributed by atoms with E-state index < -0.39 is 30.7 Å². The fraction of sp³-hybridized carbons (Fsp3) is 0.294. The van der Waals surface area contributed by atoms with E-state index in [1.165, 1.54) is 0 Å². The van der Waals surface area contributed by atoms with Crippen molar-refractivity contribution in [1.82, 2.24) is 14.1 Å². The van der Waals surface area contributed by atoms with Crippen LogP contribution in [-0.4, -0.2) is 49.3 Å². The number of nitrogens with two attached hydrogens (primary N) is 1. The number of para-hydroxylation sites is 1. The zero-order chi connectivity index (χ0) is 32.5. The van der Waals surface area contributed by atoms with E-state index in [0.29, 0.717) is 28.8 Å².